The Morgan fingerprint density at radius 2 is 0.833 bits per heavy atom. The lowest BCUT2D eigenvalue weighted by Crippen LogP contribution is -2.51. The van der Waals surface area contributed by atoms with E-state index in [2.05, 4.69) is 164 Å². The van der Waals surface area contributed by atoms with Gasteiger partial charge in [-0.25, -0.2) is 0 Å². The molecule has 0 aliphatic heterocycles. The van der Waals surface area contributed by atoms with E-state index in [-0.39, 0.29) is 0 Å². The molecule has 0 saturated heterocycles. The van der Waals surface area contributed by atoms with Gasteiger partial charge in [-0.15, -0.1) is 0 Å². The van der Waals surface area contributed by atoms with Gasteiger partial charge < -0.3 is 0 Å². The van der Waals surface area contributed by atoms with Crippen LogP contribution in [0.25, 0.3) is 44.3 Å². The minimum absolute atomic E-state index is 0.974. The highest BCUT2D eigenvalue weighted by atomic mass is 28.3. The van der Waals surface area contributed by atoms with Crippen LogP contribution in [0.15, 0.2) is 158 Å². The number of allylic oxidation sites excluding steroid dienone is 1. The predicted molar refractivity (Wildman–Crippen MR) is 182 cm³/mol. The van der Waals surface area contributed by atoms with Gasteiger partial charge in [-0.3, -0.25) is 0 Å². The average Bonchev–Trinajstić information content (AvgIpc) is 3.49. The molecule has 8 rings (SSSR count). The molecule has 1 radical (unpaired) electrons. The van der Waals surface area contributed by atoms with Gasteiger partial charge in [-0.2, -0.15) is 0 Å². The van der Waals surface area contributed by atoms with Gasteiger partial charge in [0.05, 0.1) is 0 Å². The molecule has 0 bridgehead atoms. The van der Waals surface area contributed by atoms with E-state index in [0.29, 0.717) is 0 Å². The minimum Gasteiger partial charge on any atom is -0.0624 e. The number of benzene rings is 7. The number of fused-ring (bicyclic) bond motifs is 3. The average molecular weight is 550 g/mol. The summed E-state index contributed by atoms with van der Waals surface area (Å²) in [6.07, 6.45) is 3.37. The van der Waals surface area contributed by atoms with E-state index >= 15 is 0 Å². The first kappa shape index (κ1) is 24.8. The first-order valence-electron chi connectivity index (χ1n) is 14.7. The molecule has 0 saturated carbocycles. The SMILES string of the molecule is C1=C(c2c3ccccc3c(-c3ccc([Si](c4ccccc4)c4ccccc4)cc3)c3ccccc23)Cc2ccccc21. The Balaban J connectivity index is 1.30. The fraction of sp³-hybridized carbons (Fsp3) is 0.0244. The summed E-state index contributed by atoms with van der Waals surface area (Å²) >= 11 is 0. The first-order valence-corrected chi connectivity index (χ1v) is 16.2. The molecule has 7 aromatic rings. The monoisotopic (exact) mass is 549 g/mol. The zero-order valence-electron chi connectivity index (χ0n) is 23.3. The molecule has 0 amide bonds. The lowest BCUT2D eigenvalue weighted by Gasteiger charge is -2.20. The maximum absolute atomic E-state index is 2.40. The van der Waals surface area contributed by atoms with Crippen molar-refractivity contribution in [2.24, 2.45) is 0 Å². The van der Waals surface area contributed by atoms with Crippen molar-refractivity contribution in [1.82, 2.24) is 0 Å². The summed E-state index contributed by atoms with van der Waals surface area (Å²) in [6.45, 7) is 0. The first-order chi connectivity index (χ1) is 20.8. The molecule has 0 N–H and O–H groups in total. The molecule has 0 aromatic heterocycles. The molecule has 7 aromatic carbocycles. The largest absolute Gasteiger partial charge is 0.154 e. The summed E-state index contributed by atoms with van der Waals surface area (Å²) in [7, 11) is -1.11. The van der Waals surface area contributed by atoms with E-state index in [1.807, 2.05) is 0 Å². The fourth-order valence-corrected chi connectivity index (χ4v) is 9.29. The van der Waals surface area contributed by atoms with Gasteiger partial charge in [0, 0.05) is 0 Å². The Morgan fingerprint density at radius 1 is 0.381 bits per heavy atom. The fourth-order valence-electron chi connectivity index (χ4n) is 6.74. The second-order valence-corrected chi connectivity index (χ2v) is 13.6. The molecule has 42 heavy (non-hydrogen) atoms. The molecule has 0 unspecified atom stereocenters. The Labute approximate surface area is 248 Å². The van der Waals surface area contributed by atoms with Crippen molar-refractivity contribution < 1.29 is 0 Å². The molecule has 1 aliphatic carbocycles. The Bertz CT molecular complexity index is 1990. The third-order valence-electron chi connectivity index (χ3n) is 8.61. The molecular formula is C41H29Si. The zero-order chi connectivity index (χ0) is 27.9. The maximum Gasteiger partial charge on any atom is 0.154 e. The molecule has 1 heteroatoms. The topological polar surface area (TPSA) is 0 Å². The van der Waals surface area contributed by atoms with E-state index in [1.54, 1.807) is 0 Å². The van der Waals surface area contributed by atoms with Gasteiger partial charge in [0.15, 0.2) is 8.80 Å². The van der Waals surface area contributed by atoms with Gasteiger partial charge in [0.2, 0.25) is 0 Å². The van der Waals surface area contributed by atoms with Crippen LogP contribution in [0.3, 0.4) is 0 Å². The van der Waals surface area contributed by atoms with Crippen LogP contribution in [-0.4, -0.2) is 8.80 Å². The van der Waals surface area contributed by atoms with Crippen molar-refractivity contribution >= 4 is 57.6 Å². The Hall–Kier alpha value is -4.98. The molecular weight excluding hydrogens is 521 g/mol. The molecule has 0 heterocycles. The number of hydrogen-bond acceptors (Lipinski definition) is 0. The summed E-state index contributed by atoms with van der Waals surface area (Å²) < 4.78 is 0. The summed E-state index contributed by atoms with van der Waals surface area (Å²) in [6, 6.07) is 58.2. The van der Waals surface area contributed by atoms with E-state index in [4.69, 9.17) is 0 Å². The van der Waals surface area contributed by atoms with E-state index in [0.717, 1.165) is 6.42 Å². The van der Waals surface area contributed by atoms with Crippen LogP contribution in [0.2, 0.25) is 0 Å². The molecule has 0 nitrogen and oxygen atoms in total. The molecule has 0 spiro atoms. The Kier molecular flexibility index (Phi) is 6.16. The molecule has 197 valence electrons. The standard InChI is InChI=1S/C41H29Si/c1-3-15-33(16-4-1)42(34-17-5-2-6-18-34)35-25-23-29(24-26-35)40-36-19-9-11-21-38(36)41(39-22-12-10-20-37(39)40)32-27-30-13-7-8-14-31(30)28-32/h1-27H,28H2. The third-order valence-corrected chi connectivity index (χ3v) is 11.3. The van der Waals surface area contributed by atoms with Crippen molar-refractivity contribution in [1.29, 1.82) is 0 Å². The minimum atomic E-state index is -1.11. The molecule has 0 atom stereocenters. The van der Waals surface area contributed by atoms with E-state index in [9.17, 15) is 0 Å². The highest BCUT2D eigenvalue weighted by Gasteiger charge is 2.22. The van der Waals surface area contributed by atoms with Gasteiger partial charge in [0.1, 0.15) is 0 Å². The third kappa shape index (κ3) is 4.22. The van der Waals surface area contributed by atoms with Crippen LogP contribution in [0, 0.1) is 0 Å². The maximum atomic E-state index is 2.40. The second-order valence-electron chi connectivity index (χ2n) is 11.1. The van der Waals surface area contributed by atoms with Gasteiger partial charge >= 0.3 is 0 Å². The van der Waals surface area contributed by atoms with Crippen molar-refractivity contribution in [3.05, 3.63) is 174 Å². The van der Waals surface area contributed by atoms with Crippen LogP contribution in [0.4, 0.5) is 0 Å². The lowest BCUT2D eigenvalue weighted by molar-refractivity contribution is 1.33. The lowest BCUT2D eigenvalue weighted by atomic mass is 9.85. The normalized spacial score (nSPS) is 12.5. The summed E-state index contributed by atoms with van der Waals surface area (Å²) in [5.74, 6) is 0. The number of rotatable bonds is 5. The summed E-state index contributed by atoms with van der Waals surface area (Å²) in [5.41, 5.74) is 8.12. The van der Waals surface area contributed by atoms with Crippen LogP contribution in [0.5, 0.6) is 0 Å². The van der Waals surface area contributed by atoms with Crippen LogP contribution in [0.1, 0.15) is 16.7 Å². The van der Waals surface area contributed by atoms with Gasteiger partial charge in [0.25, 0.3) is 0 Å². The smallest absolute Gasteiger partial charge is 0.0624 e. The van der Waals surface area contributed by atoms with Crippen molar-refractivity contribution in [3.63, 3.8) is 0 Å². The molecule has 1 aliphatic rings. The Morgan fingerprint density at radius 3 is 1.38 bits per heavy atom. The van der Waals surface area contributed by atoms with E-state index in [1.165, 1.54) is 70.5 Å². The second kappa shape index (κ2) is 10.4. The van der Waals surface area contributed by atoms with Gasteiger partial charge in [-0.1, -0.05) is 179 Å². The summed E-state index contributed by atoms with van der Waals surface area (Å²) in [4.78, 5) is 0. The summed E-state index contributed by atoms with van der Waals surface area (Å²) in [5, 5.41) is 9.50. The quantitative estimate of drug-likeness (QED) is 0.115. The van der Waals surface area contributed by atoms with Crippen LogP contribution in [-0.2, 0) is 6.42 Å². The van der Waals surface area contributed by atoms with E-state index < -0.39 is 8.80 Å². The molecule has 0 fully saturated rings. The highest BCUT2D eigenvalue weighted by Crippen LogP contribution is 2.44. The van der Waals surface area contributed by atoms with Crippen LogP contribution >= 0.6 is 0 Å². The zero-order valence-corrected chi connectivity index (χ0v) is 24.3. The number of hydrogen-bond donors (Lipinski definition) is 0. The van der Waals surface area contributed by atoms with Crippen molar-refractivity contribution in [2.75, 3.05) is 0 Å². The highest BCUT2D eigenvalue weighted by molar-refractivity contribution is 6.95. The predicted octanol–water partition coefficient (Wildman–Crippen LogP) is 8.27. The van der Waals surface area contributed by atoms with Gasteiger partial charge in [-0.05, 0) is 61.4 Å². The van der Waals surface area contributed by atoms with Crippen molar-refractivity contribution in [3.8, 4) is 11.1 Å². The van der Waals surface area contributed by atoms with Crippen LogP contribution < -0.4 is 15.6 Å². The van der Waals surface area contributed by atoms with Crippen molar-refractivity contribution in [2.45, 2.75) is 6.42 Å².